The fourth-order valence-electron chi connectivity index (χ4n) is 3.96. The summed E-state index contributed by atoms with van der Waals surface area (Å²) in [5.41, 5.74) is -0.699. The number of rotatable bonds is 2. The predicted molar refractivity (Wildman–Crippen MR) is 71.3 cm³/mol. The number of hydrogen-bond acceptors (Lipinski definition) is 3. The van der Waals surface area contributed by atoms with Gasteiger partial charge in [-0.2, -0.15) is 0 Å². The van der Waals surface area contributed by atoms with Gasteiger partial charge < -0.3 is 20.1 Å². The van der Waals surface area contributed by atoms with Gasteiger partial charge in [-0.15, -0.1) is 0 Å². The average Bonchev–Trinajstić information content (AvgIpc) is 3.03. The third kappa shape index (κ3) is 2.06. The molecule has 20 heavy (non-hydrogen) atoms. The number of ether oxygens (including phenoxy) is 1. The topological polar surface area (TPSA) is 78.9 Å². The molecule has 2 heterocycles. The molecule has 2 aliphatic heterocycles. The van der Waals surface area contributed by atoms with Gasteiger partial charge in [-0.25, -0.2) is 4.79 Å². The molecule has 1 saturated carbocycles. The Hall–Kier alpha value is -1.30. The van der Waals surface area contributed by atoms with E-state index in [2.05, 4.69) is 5.32 Å². The zero-order valence-electron chi connectivity index (χ0n) is 11.8. The molecular weight excluding hydrogens is 260 g/mol. The molecule has 0 spiro atoms. The van der Waals surface area contributed by atoms with Gasteiger partial charge >= 0.3 is 12.0 Å². The largest absolute Gasteiger partial charge is 0.481 e. The van der Waals surface area contributed by atoms with Crippen LogP contribution in [-0.2, 0) is 9.53 Å². The van der Waals surface area contributed by atoms with Crippen LogP contribution in [0.25, 0.3) is 0 Å². The van der Waals surface area contributed by atoms with E-state index < -0.39 is 11.4 Å². The first-order valence-electron chi connectivity index (χ1n) is 7.43. The monoisotopic (exact) mass is 282 g/mol. The second-order valence-electron chi connectivity index (χ2n) is 6.35. The molecule has 0 aromatic carbocycles. The summed E-state index contributed by atoms with van der Waals surface area (Å²) in [6, 6.07) is -0.0916. The van der Waals surface area contributed by atoms with Crippen LogP contribution in [0.3, 0.4) is 0 Å². The molecule has 2 amide bonds. The number of fused-ring (bicyclic) bond motifs is 1. The van der Waals surface area contributed by atoms with Crippen LogP contribution in [0, 0.1) is 11.3 Å². The zero-order valence-corrected chi connectivity index (χ0v) is 11.8. The van der Waals surface area contributed by atoms with Crippen LogP contribution >= 0.6 is 0 Å². The first kappa shape index (κ1) is 13.7. The molecule has 0 bridgehead atoms. The van der Waals surface area contributed by atoms with Gasteiger partial charge in [0.05, 0.1) is 17.6 Å². The molecule has 0 aromatic heterocycles. The Bertz CT molecular complexity index is 427. The highest BCUT2D eigenvalue weighted by Gasteiger charge is 2.56. The number of carbonyl (C=O) groups excluding carboxylic acids is 1. The van der Waals surface area contributed by atoms with E-state index in [0.717, 1.165) is 19.3 Å². The maximum absolute atomic E-state index is 12.3. The highest BCUT2D eigenvalue weighted by molar-refractivity contribution is 5.80. The number of hydrogen-bond donors (Lipinski definition) is 2. The van der Waals surface area contributed by atoms with Crippen molar-refractivity contribution in [3.63, 3.8) is 0 Å². The normalized spacial score (nSPS) is 39.9. The van der Waals surface area contributed by atoms with E-state index in [1.54, 1.807) is 4.90 Å². The van der Waals surface area contributed by atoms with E-state index in [4.69, 9.17) is 4.74 Å². The summed E-state index contributed by atoms with van der Waals surface area (Å²) in [5.74, 6) is -0.629. The number of carbonyl (C=O) groups is 2. The number of nitrogens with zero attached hydrogens (tertiary/aromatic N) is 1. The van der Waals surface area contributed by atoms with Crippen molar-refractivity contribution in [2.45, 2.75) is 44.8 Å². The van der Waals surface area contributed by atoms with Crippen LogP contribution in [0.15, 0.2) is 0 Å². The summed E-state index contributed by atoms with van der Waals surface area (Å²) < 4.78 is 5.43. The van der Waals surface area contributed by atoms with Gasteiger partial charge in [-0.1, -0.05) is 6.42 Å². The summed E-state index contributed by atoms with van der Waals surface area (Å²) in [5, 5.41) is 12.5. The minimum absolute atomic E-state index is 0.0366. The van der Waals surface area contributed by atoms with Gasteiger partial charge in [0, 0.05) is 19.7 Å². The minimum Gasteiger partial charge on any atom is -0.481 e. The molecule has 4 atom stereocenters. The Morgan fingerprint density at radius 1 is 1.40 bits per heavy atom. The number of amides is 2. The Labute approximate surface area is 118 Å². The second kappa shape index (κ2) is 4.91. The first-order valence-corrected chi connectivity index (χ1v) is 7.43. The average molecular weight is 282 g/mol. The van der Waals surface area contributed by atoms with Crippen LogP contribution in [0.5, 0.6) is 0 Å². The fraction of sp³-hybridized carbons (Fsp3) is 0.857. The van der Waals surface area contributed by atoms with E-state index in [0.29, 0.717) is 26.1 Å². The van der Waals surface area contributed by atoms with Crippen LogP contribution in [0.4, 0.5) is 4.79 Å². The Balaban J connectivity index is 1.64. The fourth-order valence-corrected chi connectivity index (χ4v) is 3.96. The minimum atomic E-state index is -0.743. The molecule has 112 valence electrons. The lowest BCUT2D eigenvalue weighted by atomic mass is 9.81. The van der Waals surface area contributed by atoms with Crippen molar-refractivity contribution in [2.24, 2.45) is 11.3 Å². The molecule has 3 rings (SSSR count). The number of aliphatic carboxylic acids is 1. The van der Waals surface area contributed by atoms with Crippen molar-refractivity contribution in [3.8, 4) is 0 Å². The molecule has 2 saturated heterocycles. The molecule has 2 N–H and O–H groups in total. The maximum atomic E-state index is 12.3. The number of carboxylic acid groups (broad SMARTS) is 1. The summed E-state index contributed by atoms with van der Waals surface area (Å²) in [7, 11) is 0. The van der Waals surface area contributed by atoms with Crippen molar-refractivity contribution in [1.29, 1.82) is 0 Å². The third-order valence-electron chi connectivity index (χ3n) is 5.27. The lowest BCUT2D eigenvalue weighted by molar-refractivity contribution is -0.149. The van der Waals surface area contributed by atoms with Gasteiger partial charge in [-0.3, -0.25) is 4.79 Å². The van der Waals surface area contributed by atoms with Crippen LogP contribution in [-0.4, -0.2) is 53.8 Å². The number of carboxylic acids is 1. The summed E-state index contributed by atoms with van der Waals surface area (Å²) in [6.45, 7) is 3.55. The zero-order chi connectivity index (χ0) is 14.3. The molecule has 2 unspecified atom stereocenters. The molecule has 3 aliphatic rings. The van der Waals surface area contributed by atoms with Crippen molar-refractivity contribution in [3.05, 3.63) is 0 Å². The Morgan fingerprint density at radius 3 is 2.80 bits per heavy atom. The summed E-state index contributed by atoms with van der Waals surface area (Å²) >= 11 is 0. The van der Waals surface area contributed by atoms with Crippen molar-refractivity contribution < 1.29 is 19.4 Å². The molecule has 3 fully saturated rings. The summed E-state index contributed by atoms with van der Waals surface area (Å²) in [6.07, 6.45) is 3.43. The smallest absolute Gasteiger partial charge is 0.317 e. The van der Waals surface area contributed by atoms with Crippen molar-refractivity contribution in [2.75, 3.05) is 19.7 Å². The quantitative estimate of drug-likeness (QED) is 0.794. The molecular formula is C14H22N2O4. The molecule has 0 aromatic rings. The Morgan fingerprint density at radius 2 is 2.20 bits per heavy atom. The van der Waals surface area contributed by atoms with Gasteiger partial charge in [0.15, 0.2) is 0 Å². The van der Waals surface area contributed by atoms with Crippen LogP contribution in [0.2, 0.25) is 0 Å². The highest BCUT2D eigenvalue weighted by Crippen LogP contribution is 2.48. The maximum Gasteiger partial charge on any atom is 0.317 e. The molecule has 6 heteroatoms. The van der Waals surface area contributed by atoms with Gasteiger partial charge in [0.2, 0.25) is 0 Å². The molecule has 6 nitrogen and oxygen atoms in total. The van der Waals surface area contributed by atoms with Gasteiger partial charge in [-0.05, 0) is 32.1 Å². The van der Waals surface area contributed by atoms with Gasteiger partial charge in [0.1, 0.15) is 0 Å². The lowest BCUT2D eigenvalue weighted by Gasteiger charge is -2.25. The Kier molecular flexibility index (Phi) is 3.36. The van der Waals surface area contributed by atoms with E-state index in [1.807, 2.05) is 6.92 Å². The van der Waals surface area contributed by atoms with Crippen LogP contribution in [0.1, 0.15) is 32.6 Å². The first-order chi connectivity index (χ1) is 9.53. The van der Waals surface area contributed by atoms with Crippen molar-refractivity contribution in [1.82, 2.24) is 10.2 Å². The molecule has 1 aliphatic carbocycles. The van der Waals surface area contributed by atoms with E-state index >= 15 is 0 Å². The predicted octanol–water partition coefficient (Wildman–Crippen LogP) is 1.06. The van der Waals surface area contributed by atoms with Crippen molar-refractivity contribution >= 4 is 12.0 Å². The summed E-state index contributed by atoms with van der Waals surface area (Å²) in [4.78, 5) is 25.6. The van der Waals surface area contributed by atoms with E-state index in [-0.39, 0.29) is 24.1 Å². The van der Waals surface area contributed by atoms with Crippen LogP contribution < -0.4 is 5.32 Å². The lowest BCUT2D eigenvalue weighted by Crippen LogP contribution is -2.47. The van der Waals surface area contributed by atoms with E-state index in [9.17, 15) is 14.7 Å². The highest BCUT2D eigenvalue weighted by atomic mass is 16.5. The second-order valence-corrected chi connectivity index (χ2v) is 6.35. The van der Waals surface area contributed by atoms with E-state index in [1.165, 1.54) is 0 Å². The number of nitrogens with one attached hydrogen (secondary N) is 1. The third-order valence-corrected chi connectivity index (χ3v) is 5.27. The number of likely N-dealkylation sites (tertiary alicyclic amines) is 1. The SMILES string of the molecule is CC1OCCC1NC(=O)N1C[C@@H]2CCC[C@@]2(C(=O)O)C1. The van der Waals surface area contributed by atoms with Gasteiger partial charge in [0.25, 0.3) is 0 Å². The number of urea groups is 1. The molecule has 0 radical (unpaired) electrons. The standard InChI is InChI=1S/C14H22N2O4/c1-9-11(4-6-20-9)15-13(19)16-7-10-3-2-5-14(10,8-16)12(17)18/h9-11H,2-8H2,1H3,(H,15,19)(H,17,18)/t9?,10-,11?,14+/m0/s1.